The fourth-order valence-corrected chi connectivity index (χ4v) is 3.15. The van der Waals surface area contributed by atoms with Gasteiger partial charge in [0, 0.05) is 18.9 Å². The van der Waals surface area contributed by atoms with Crippen molar-refractivity contribution in [3.8, 4) is 0 Å². The minimum absolute atomic E-state index is 0.123. The molecule has 3 aromatic rings. The van der Waals surface area contributed by atoms with Gasteiger partial charge in [0.15, 0.2) is 9.84 Å². The van der Waals surface area contributed by atoms with Gasteiger partial charge < -0.3 is 9.88 Å². The molecule has 0 spiro atoms. The maximum absolute atomic E-state index is 12.3. The lowest BCUT2D eigenvalue weighted by atomic mass is 10.2. The first kappa shape index (κ1) is 16.2. The predicted molar refractivity (Wildman–Crippen MR) is 91.4 cm³/mol. The van der Waals surface area contributed by atoms with Crippen LogP contribution in [0.2, 0.25) is 0 Å². The van der Waals surface area contributed by atoms with E-state index in [1.54, 1.807) is 12.1 Å². The van der Waals surface area contributed by atoms with Gasteiger partial charge in [-0.3, -0.25) is 4.79 Å². The van der Waals surface area contributed by atoms with Crippen molar-refractivity contribution in [1.82, 2.24) is 14.9 Å². The van der Waals surface area contributed by atoms with Crippen LogP contribution in [0.1, 0.15) is 16.2 Å². The summed E-state index contributed by atoms with van der Waals surface area (Å²) in [5.74, 6) is 0.386. The number of sulfone groups is 1. The number of benzene rings is 2. The first-order valence-electron chi connectivity index (χ1n) is 7.35. The molecular weight excluding hydrogens is 326 g/mol. The number of amides is 1. The number of nitrogens with one attached hydrogen (secondary N) is 1. The molecule has 2 aromatic carbocycles. The summed E-state index contributed by atoms with van der Waals surface area (Å²) in [5.41, 5.74) is 2.15. The van der Waals surface area contributed by atoms with Gasteiger partial charge in [-0.25, -0.2) is 13.4 Å². The van der Waals surface area contributed by atoms with Gasteiger partial charge in [0.25, 0.3) is 5.91 Å². The SMILES string of the molecule is Cn1c(CNC(=O)c2cccc(S(C)(=O)=O)c2)nc2ccccc21. The monoisotopic (exact) mass is 343 g/mol. The molecule has 0 bridgehead atoms. The van der Waals surface area contributed by atoms with Gasteiger partial charge in [0.1, 0.15) is 5.82 Å². The maximum Gasteiger partial charge on any atom is 0.251 e. The molecule has 3 rings (SSSR count). The number of imidazole rings is 1. The van der Waals surface area contributed by atoms with E-state index < -0.39 is 9.84 Å². The van der Waals surface area contributed by atoms with Crippen molar-refractivity contribution in [2.45, 2.75) is 11.4 Å². The van der Waals surface area contributed by atoms with Crippen LogP contribution in [-0.2, 0) is 23.4 Å². The Balaban J connectivity index is 1.79. The van der Waals surface area contributed by atoms with Crippen LogP contribution in [0.5, 0.6) is 0 Å². The topological polar surface area (TPSA) is 81.1 Å². The predicted octanol–water partition coefficient (Wildman–Crippen LogP) is 1.91. The summed E-state index contributed by atoms with van der Waals surface area (Å²) in [6.07, 6.45) is 1.11. The third-order valence-electron chi connectivity index (χ3n) is 3.81. The molecular formula is C17H17N3O3S. The third-order valence-corrected chi connectivity index (χ3v) is 4.92. The summed E-state index contributed by atoms with van der Waals surface area (Å²) in [7, 11) is -1.46. The highest BCUT2D eigenvalue weighted by molar-refractivity contribution is 7.90. The second-order valence-corrected chi connectivity index (χ2v) is 7.57. The van der Waals surface area contributed by atoms with E-state index in [1.165, 1.54) is 12.1 Å². The molecule has 6 nitrogen and oxygen atoms in total. The van der Waals surface area contributed by atoms with Gasteiger partial charge in [0.05, 0.1) is 22.5 Å². The van der Waals surface area contributed by atoms with Crippen LogP contribution in [0.4, 0.5) is 0 Å². The summed E-state index contributed by atoms with van der Waals surface area (Å²) < 4.78 is 25.1. The number of rotatable bonds is 4. The zero-order valence-corrected chi connectivity index (χ0v) is 14.2. The van der Waals surface area contributed by atoms with Crippen molar-refractivity contribution in [2.75, 3.05) is 6.26 Å². The minimum atomic E-state index is -3.35. The van der Waals surface area contributed by atoms with E-state index in [9.17, 15) is 13.2 Å². The van der Waals surface area contributed by atoms with Crippen LogP contribution >= 0.6 is 0 Å². The summed E-state index contributed by atoms with van der Waals surface area (Å²) in [5, 5.41) is 2.78. The number of para-hydroxylation sites is 2. The Morgan fingerprint density at radius 3 is 2.62 bits per heavy atom. The second kappa shape index (κ2) is 6.09. The molecule has 124 valence electrons. The van der Waals surface area contributed by atoms with E-state index in [-0.39, 0.29) is 17.3 Å². The molecule has 24 heavy (non-hydrogen) atoms. The van der Waals surface area contributed by atoms with E-state index in [4.69, 9.17) is 0 Å². The summed E-state index contributed by atoms with van der Waals surface area (Å²) in [4.78, 5) is 16.9. The van der Waals surface area contributed by atoms with Crippen LogP contribution in [-0.4, -0.2) is 30.1 Å². The molecule has 0 aliphatic carbocycles. The van der Waals surface area contributed by atoms with Crippen molar-refractivity contribution in [3.05, 3.63) is 59.9 Å². The average Bonchev–Trinajstić information content (AvgIpc) is 2.88. The van der Waals surface area contributed by atoms with Gasteiger partial charge in [0.2, 0.25) is 0 Å². The fourth-order valence-electron chi connectivity index (χ4n) is 2.48. The van der Waals surface area contributed by atoms with Crippen LogP contribution < -0.4 is 5.32 Å². The van der Waals surface area contributed by atoms with Crippen LogP contribution in [0.3, 0.4) is 0 Å². The largest absolute Gasteiger partial charge is 0.345 e. The van der Waals surface area contributed by atoms with Crippen molar-refractivity contribution >= 4 is 26.8 Å². The highest BCUT2D eigenvalue weighted by atomic mass is 32.2. The Labute approximate surface area is 140 Å². The average molecular weight is 343 g/mol. The van der Waals surface area contributed by atoms with Crippen molar-refractivity contribution < 1.29 is 13.2 Å². The zero-order chi connectivity index (χ0) is 17.3. The molecule has 0 atom stereocenters. The fraction of sp³-hybridized carbons (Fsp3) is 0.176. The van der Waals surface area contributed by atoms with Gasteiger partial charge in [-0.05, 0) is 30.3 Å². The van der Waals surface area contributed by atoms with E-state index in [1.807, 2.05) is 35.9 Å². The number of hydrogen-bond donors (Lipinski definition) is 1. The van der Waals surface area contributed by atoms with Gasteiger partial charge in [-0.2, -0.15) is 0 Å². The third kappa shape index (κ3) is 3.16. The number of hydrogen-bond acceptors (Lipinski definition) is 4. The number of carbonyl (C=O) groups is 1. The number of aromatic nitrogens is 2. The molecule has 0 fully saturated rings. The second-order valence-electron chi connectivity index (χ2n) is 5.56. The maximum atomic E-state index is 12.3. The van der Waals surface area contributed by atoms with Crippen molar-refractivity contribution in [2.24, 2.45) is 7.05 Å². The molecule has 1 N–H and O–H groups in total. The number of nitrogens with zero attached hydrogens (tertiary/aromatic N) is 2. The van der Waals surface area contributed by atoms with Crippen LogP contribution in [0, 0.1) is 0 Å². The lowest BCUT2D eigenvalue weighted by Gasteiger charge is -2.07. The highest BCUT2D eigenvalue weighted by Gasteiger charge is 2.13. The highest BCUT2D eigenvalue weighted by Crippen LogP contribution is 2.15. The normalized spacial score (nSPS) is 11.6. The standard InChI is InChI=1S/C17H17N3O3S/c1-20-15-9-4-3-8-14(15)19-16(20)11-18-17(21)12-6-5-7-13(10-12)24(2,22)23/h3-10H,11H2,1-2H3,(H,18,21). The molecule has 1 aromatic heterocycles. The smallest absolute Gasteiger partial charge is 0.251 e. The first-order valence-corrected chi connectivity index (χ1v) is 9.24. The lowest BCUT2D eigenvalue weighted by molar-refractivity contribution is 0.0949. The van der Waals surface area contributed by atoms with Gasteiger partial charge >= 0.3 is 0 Å². The molecule has 0 radical (unpaired) electrons. The molecule has 1 heterocycles. The number of aryl methyl sites for hydroxylation is 1. The van der Waals surface area contributed by atoms with Crippen LogP contribution in [0.15, 0.2) is 53.4 Å². The van der Waals surface area contributed by atoms with E-state index in [0.717, 1.165) is 23.1 Å². The molecule has 7 heteroatoms. The quantitative estimate of drug-likeness (QED) is 0.784. The minimum Gasteiger partial charge on any atom is -0.345 e. The first-order chi connectivity index (χ1) is 11.4. The summed E-state index contributed by atoms with van der Waals surface area (Å²) >= 11 is 0. The lowest BCUT2D eigenvalue weighted by Crippen LogP contribution is -2.24. The van der Waals surface area contributed by atoms with Crippen molar-refractivity contribution in [1.29, 1.82) is 0 Å². The molecule has 0 unspecified atom stereocenters. The van der Waals surface area contributed by atoms with Gasteiger partial charge in [-0.15, -0.1) is 0 Å². The molecule has 0 saturated carbocycles. The Bertz CT molecular complexity index is 1020. The Kier molecular flexibility index (Phi) is 4.11. The van der Waals surface area contributed by atoms with E-state index >= 15 is 0 Å². The molecule has 0 aliphatic heterocycles. The van der Waals surface area contributed by atoms with Crippen LogP contribution in [0.25, 0.3) is 11.0 Å². The Morgan fingerprint density at radius 1 is 1.17 bits per heavy atom. The number of fused-ring (bicyclic) bond motifs is 1. The van der Waals surface area contributed by atoms with E-state index in [0.29, 0.717) is 5.56 Å². The Morgan fingerprint density at radius 2 is 1.92 bits per heavy atom. The summed E-state index contributed by atoms with van der Waals surface area (Å²) in [6, 6.07) is 13.7. The van der Waals surface area contributed by atoms with E-state index in [2.05, 4.69) is 10.3 Å². The Hall–Kier alpha value is -2.67. The summed E-state index contributed by atoms with van der Waals surface area (Å²) in [6.45, 7) is 0.257. The van der Waals surface area contributed by atoms with Crippen molar-refractivity contribution in [3.63, 3.8) is 0 Å². The number of carbonyl (C=O) groups excluding carboxylic acids is 1. The molecule has 0 saturated heterocycles. The zero-order valence-electron chi connectivity index (χ0n) is 13.4. The molecule has 0 aliphatic rings. The molecule has 1 amide bonds. The van der Waals surface area contributed by atoms with Gasteiger partial charge in [-0.1, -0.05) is 18.2 Å².